The number of carbonyl (C=O) groups excluding carboxylic acids is 2. The second-order valence-corrected chi connectivity index (χ2v) is 10.2. The Labute approximate surface area is 210 Å². The zero-order valence-corrected chi connectivity index (χ0v) is 21.1. The van der Waals surface area contributed by atoms with Crippen LogP contribution >= 0.6 is 11.3 Å². The third kappa shape index (κ3) is 4.75. The van der Waals surface area contributed by atoms with Crippen LogP contribution in [0.25, 0.3) is 10.6 Å². The van der Waals surface area contributed by atoms with Gasteiger partial charge in [-0.1, -0.05) is 6.07 Å². The van der Waals surface area contributed by atoms with Crippen molar-refractivity contribution >= 4 is 23.2 Å². The number of thiazole rings is 1. The summed E-state index contributed by atoms with van der Waals surface area (Å²) in [5, 5.41) is 11.1. The number of rotatable bonds is 6. The minimum atomic E-state index is -0.743. The number of amides is 2. The maximum absolute atomic E-state index is 14.1. The molecule has 1 N–H and O–H groups in total. The second kappa shape index (κ2) is 9.81. The number of carbonyl (C=O) groups is 2. The summed E-state index contributed by atoms with van der Waals surface area (Å²) in [7, 11) is 1.64. The van der Waals surface area contributed by atoms with Crippen LogP contribution in [-0.4, -0.2) is 62.5 Å². The molecule has 1 aliphatic rings. The van der Waals surface area contributed by atoms with Crippen LogP contribution < -0.4 is 5.43 Å². The van der Waals surface area contributed by atoms with Crippen molar-refractivity contribution in [1.82, 2.24) is 19.4 Å². The van der Waals surface area contributed by atoms with Gasteiger partial charge < -0.3 is 19.5 Å². The van der Waals surface area contributed by atoms with E-state index in [1.54, 1.807) is 16.5 Å². The second-order valence-electron chi connectivity index (χ2n) is 9.13. The van der Waals surface area contributed by atoms with E-state index >= 15 is 0 Å². The Balaban J connectivity index is 1.76. The highest BCUT2D eigenvalue weighted by Gasteiger charge is 2.37. The first-order valence-electron chi connectivity index (χ1n) is 11.4. The molecule has 2 aromatic heterocycles. The van der Waals surface area contributed by atoms with E-state index < -0.39 is 34.8 Å². The number of aromatic nitrogens is 2. The molecule has 4 rings (SSSR count). The summed E-state index contributed by atoms with van der Waals surface area (Å²) < 4.78 is 28.9. The van der Waals surface area contributed by atoms with Crippen LogP contribution in [0.1, 0.15) is 47.7 Å². The molecule has 0 aliphatic carbocycles. The first-order chi connectivity index (χ1) is 17.0. The highest BCUT2D eigenvalue weighted by atomic mass is 32.1. The van der Waals surface area contributed by atoms with Gasteiger partial charge in [-0.05, 0) is 25.5 Å². The van der Waals surface area contributed by atoms with Crippen molar-refractivity contribution in [2.75, 3.05) is 20.1 Å². The Kier molecular flexibility index (Phi) is 6.94. The van der Waals surface area contributed by atoms with E-state index in [0.717, 1.165) is 17.4 Å². The molecule has 2 amide bonds. The van der Waals surface area contributed by atoms with Crippen LogP contribution in [0, 0.1) is 11.6 Å². The number of halogens is 2. The fraction of sp³-hybridized carbons (Fsp3) is 0.360. The smallest absolute Gasteiger partial charge is 0.274 e. The topological polar surface area (TPSA) is 95.7 Å². The van der Waals surface area contributed by atoms with E-state index in [4.69, 9.17) is 0 Å². The Morgan fingerprint density at radius 3 is 2.67 bits per heavy atom. The molecule has 190 valence electrons. The van der Waals surface area contributed by atoms with Crippen molar-refractivity contribution < 1.29 is 23.5 Å². The number of benzene rings is 1. The van der Waals surface area contributed by atoms with Gasteiger partial charge in [0.05, 0.1) is 11.6 Å². The molecule has 0 spiro atoms. The number of pyridine rings is 1. The minimum Gasteiger partial charge on any atom is -0.503 e. The summed E-state index contributed by atoms with van der Waals surface area (Å²) >= 11 is 1.14. The van der Waals surface area contributed by atoms with Crippen LogP contribution in [0.4, 0.5) is 8.78 Å². The fourth-order valence-corrected chi connectivity index (χ4v) is 5.15. The number of hydrogen-bond acceptors (Lipinski definition) is 6. The first-order valence-corrected chi connectivity index (χ1v) is 12.2. The highest BCUT2D eigenvalue weighted by molar-refractivity contribution is 7.15. The Morgan fingerprint density at radius 1 is 1.31 bits per heavy atom. The molecule has 0 saturated carbocycles. The Morgan fingerprint density at radius 2 is 2.03 bits per heavy atom. The number of hydrogen-bond donors (Lipinski definition) is 1. The van der Waals surface area contributed by atoms with E-state index in [1.807, 2.05) is 13.8 Å². The molecule has 8 nitrogen and oxygen atoms in total. The standard InChI is InChI=1S/C25H26F2N4O4S/c1-13(2)30-11-17(10-29(4)14(3)32)31-12-19(22(33)23(34)21(31)25(30)35)24-28-9-18(36-24)7-15-5-6-16(26)8-20(15)27/h5-6,8-9,12-13,17,34H,7,10-11H2,1-4H3. The average molecular weight is 517 g/mol. The predicted molar refractivity (Wildman–Crippen MR) is 131 cm³/mol. The Hall–Kier alpha value is -3.60. The molecular weight excluding hydrogens is 490 g/mol. The molecule has 0 saturated heterocycles. The SMILES string of the molecule is CC(=O)N(C)CC1CN(C(C)C)C(=O)c2c(O)c(=O)c(-c3ncc(Cc4ccc(F)cc4F)s3)cn21. The maximum atomic E-state index is 14.1. The summed E-state index contributed by atoms with van der Waals surface area (Å²) in [4.78, 5) is 46.2. The monoisotopic (exact) mass is 516 g/mol. The number of likely N-dealkylation sites (N-methyl/N-ethyl adjacent to an activating group) is 1. The lowest BCUT2D eigenvalue weighted by atomic mass is 10.1. The van der Waals surface area contributed by atoms with E-state index in [-0.39, 0.29) is 48.3 Å². The maximum Gasteiger partial charge on any atom is 0.274 e. The van der Waals surface area contributed by atoms with Crippen molar-refractivity contribution in [3.63, 3.8) is 0 Å². The van der Waals surface area contributed by atoms with Gasteiger partial charge in [0.2, 0.25) is 11.3 Å². The summed E-state index contributed by atoms with van der Waals surface area (Å²) in [6.45, 7) is 5.65. The van der Waals surface area contributed by atoms with Crippen molar-refractivity contribution in [3.05, 3.63) is 68.6 Å². The molecule has 36 heavy (non-hydrogen) atoms. The van der Waals surface area contributed by atoms with Crippen LogP contribution in [0.15, 0.2) is 35.4 Å². The molecule has 1 atom stereocenters. The van der Waals surface area contributed by atoms with Crippen LogP contribution in [0.2, 0.25) is 0 Å². The summed E-state index contributed by atoms with van der Waals surface area (Å²) in [6.07, 6.45) is 3.14. The molecule has 0 bridgehead atoms. The van der Waals surface area contributed by atoms with Gasteiger partial charge in [-0.2, -0.15) is 0 Å². The zero-order valence-electron chi connectivity index (χ0n) is 20.3. The minimum absolute atomic E-state index is 0.0911. The molecule has 3 heterocycles. The number of fused-ring (bicyclic) bond motifs is 1. The van der Waals surface area contributed by atoms with E-state index in [2.05, 4.69) is 4.98 Å². The molecular formula is C25H26F2N4O4S. The molecule has 1 unspecified atom stereocenters. The van der Waals surface area contributed by atoms with Crippen molar-refractivity contribution in [1.29, 1.82) is 0 Å². The Bertz CT molecular complexity index is 1400. The van der Waals surface area contributed by atoms with Crippen molar-refractivity contribution in [2.24, 2.45) is 0 Å². The van der Waals surface area contributed by atoms with Crippen LogP contribution in [0.3, 0.4) is 0 Å². The van der Waals surface area contributed by atoms with Crippen LogP contribution in [-0.2, 0) is 11.2 Å². The highest BCUT2D eigenvalue weighted by Crippen LogP contribution is 2.32. The summed E-state index contributed by atoms with van der Waals surface area (Å²) in [5.41, 5.74) is -0.500. The lowest BCUT2D eigenvalue weighted by Gasteiger charge is -2.39. The average Bonchev–Trinajstić information content (AvgIpc) is 3.27. The van der Waals surface area contributed by atoms with Gasteiger partial charge in [-0.3, -0.25) is 14.4 Å². The summed E-state index contributed by atoms with van der Waals surface area (Å²) in [6, 6.07) is 2.74. The normalized spacial score (nSPS) is 15.4. The van der Waals surface area contributed by atoms with E-state index in [9.17, 15) is 28.3 Å². The fourth-order valence-electron chi connectivity index (χ4n) is 4.21. The zero-order chi connectivity index (χ0) is 26.3. The van der Waals surface area contributed by atoms with Crippen molar-refractivity contribution in [2.45, 2.75) is 39.3 Å². The van der Waals surface area contributed by atoms with E-state index in [1.165, 1.54) is 36.4 Å². The van der Waals surface area contributed by atoms with Gasteiger partial charge in [-0.15, -0.1) is 11.3 Å². The van der Waals surface area contributed by atoms with Gasteiger partial charge in [0, 0.05) is 62.9 Å². The van der Waals surface area contributed by atoms with Gasteiger partial charge >= 0.3 is 0 Å². The van der Waals surface area contributed by atoms with Crippen LogP contribution in [0.5, 0.6) is 5.75 Å². The molecule has 11 heteroatoms. The predicted octanol–water partition coefficient (Wildman–Crippen LogP) is 3.43. The lowest BCUT2D eigenvalue weighted by Crippen LogP contribution is -2.50. The third-order valence-electron chi connectivity index (χ3n) is 6.28. The molecule has 1 aromatic carbocycles. The summed E-state index contributed by atoms with van der Waals surface area (Å²) in [5.74, 6) is -2.66. The number of nitrogens with zero attached hydrogens (tertiary/aromatic N) is 4. The molecule has 1 aliphatic heterocycles. The largest absolute Gasteiger partial charge is 0.503 e. The van der Waals surface area contributed by atoms with Gasteiger partial charge in [0.25, 0.3) is 5.91 Å². The van der Waals surface area contributed by atoms with Gasteiger partial charge in [0.1, 0.15) is 16.6 Å². The van der Waals surface area contributed by atoms with Crippen molar-refractivity contribution in [3.8, 4) is 16.3 Å². The quantitative estimate of drug-likeness (QED) is 0.542. The lowest BCUT2D eigenvalue weighted by molar-refractivity contribution is -0.128. The molecule has 0 fully saturated rings. The molecule has 3 aromatic rings. The van der Waals surface area contributed by atoms with E-state index in [0.29, 0.717) is 9.88 Å². The first kappa shape index (κ1) is 25.5. The van der Waals surface area contributed by atoms with Gasteiger partial charge in [-0.25, -0.2) is 13.8 Å². The third-order valence-corrected chi connectivity index (χ3v) is 7.31. The number of aromatic hydroxyl groups is 1. The molecule has 0 radical (unpaired) electrons. The van der Waals surface area contributed by atoms with Gasteiger partial charge in [0.15, 0.2) is 11.4 Å².